The molecule has 0 amide bonds. The van der Waals surface area contributed by atoms with E-state index in [1.165, 1.54) is 49.8 Å². The Morgan fingerprint density at radius 1 is 1.15 bits per heavy atom. The maximum Gasteiger partial charge on any atom is 0.159 e. The summed E-state index contributed by atoms with van der Waals surface area (Å²) < 4.78 is 6.02. The summed E-state index contributed by atoms with van der Waals surface area (Å²) in [4.78, 5) is 9.48. The molecule has 0 spiro atoms. The van der Waals surface area contributed by atoms with Crippen LogP contribution in [0.5, 0.6) is 5.75 Å². The second-order valence-electron chi connectivity index (χ2n) is 7.93. The molecule has 0 saturated carbocycles. The van der Waals surface area contributed by atoms with Crippen LogP contribution in [-0.4, -0.2) is 16.6 Å². The Morgan fingerprint density at radius 3 is 2.67 bits per heavy atom. The van der Waals surface area contributed by atoms with Gasteiger partial charge in [0.25, 0.3) is 0 Å². The van der Waals surface area contributed by atoms with Gasteiger partial charge in [-0.15, -0.1) is 0 Å². The Kier molecular flexibility index (Phi) is 7.25. The number of hydrogen-bond donors (Lipinski definition) is 0. The first kappa shape index (κ1) is 19.9. The van der Waals surface area contributed by atoms with E-state index in [2.05, 4.69) is 50.0 Å². The quantitative estimate of drug-likeness (QED) is 0.526. The molecule has 1 aliphatic rings. The molecule has 1 aromatic heterocycles. The number of fused-ring (bicyclic) bond motifs is 1. The summed E-state index contributed by atoms with van der Waals surface area (Å²) in [6.45, 7) is 7.59. The van der Waals surface area contributed by atoms with Gasteiger partial charge in [0.05, 0.1) is 6.61 Å². The Labute approximate surface area is 164 Å². The van der Waals surface area contributed by atoms with Crippen molar-refractivity contribution in [2.24, 2.45) is 11.8 Å². The lowest BCUT2D eigenvalue weighted by atomic mass is 9.86. The summed E-state index contributed by atoms with van der Waals surface area (Å²) in [6, 6.07) is 8.28. The van der Waals surface area contributed by atoms with Crippen molar-refractivity contribution in [1.29, 1.82) is 0 Å². The summed E-state index contributed by atoms with van der Waals surface area (Å²) in [5.74, 6) is 3.23. The minimum Gasteiger partial charge on any atom is -0.493 e. The average Bonchev–Trinajstić information content (AvgIpc) is 2.73. The Balaban J connectivity index is 1.62. The third-order valence-corrected chi connectivity index (χ3v) is 5.97. The number of rotatable bonds is 9. The summed E-state index contributed by atoms with van der Waals surface area (Å²) >= 11 is 0. The number of nitrogens with zero attached hydrogens (tertiary/aromatic N) is 2. The normalized spacial score (nSPS) is 17.4. The summed E-state index contributed by atoms with van der Waals surface area (Å²) in [6.07, 6.45) is 11.7. The van der Waals surface area contributed by atoms with Crippen LogP contribution in [0, 0.1) is 11.8 Å². The molecular weight excluding hydrogens is 332 g/mol. The molecule has 0 aliphatic heterocycles. The average molecular weight is 367 g/mol. The zero-order chi connectivity index (χ0) is 19.1. The maximum absolute atomic E-state index is 6.02. The zero-order valence-electron chi connectivity index (χ0n) is 17.2. The second kappa shape index (κ2) is 9.87. The maximum atomic E-state index is 6.02. The summed E-state index contributed by atoms with van der Waals surface area (Å²) in [7, 11) is 0. The van der Waals surface area contributed by atoms with Gasteiger partial charge in [0.2, 0.25) is 0 Å². The van der Waals surface area contributed by atoms with Crippen LogP contribution in [0.3, 0.4) is 0 Å². The molecular formula is C24H34N2O. The molecule has 3 rings (SSSR count). The molecule has 1 aliphatic carbocycles. The van der Waals surface area contributed by atoms with Crippen molar-refractivity contribution in [3.63, 3.8) is 0 Å². The third kappa shape index (κ3) is 5.31. The fourth-order valence-corrected chi connectivity index (χ4v) is 3.88. The number of aryl methyl sites for hydroxylation is 1. The second-order valence-corrected chi connectivity index (χ2v) is 7.93. The van der Waals surface area contributed by atoms with Crippen LogP contribution in [0.1, 0.15) is 70.6 Å². The van der Waals surface area contributed by atoms with Gasteiger partial charge in [0.1, 0.15) is 5.75 Å². The van der Waals surface area contributed by atoms with E-state index in [9.17, 15) is 0 Å². The molecule has 2 unspecified atom stereocenters. The van der Waals surface area contributed by atoms with Gasteiger partial charge in [0.15, 0.2) is 5.82 Å². The largest absolute Gasteiger partial charge is 0.493 e. The number of benzene rings is 1. The van der Waals surface area contributed by atoms with Crippen molar-refractivity contribution in [2.75, 3.05) is 6.61 Å². The van der Waals surface area contributed by atoms with Gasteiger partial charge in [-0.05, 0) is 67.3 Å². The van der Waals surface area contributed by atoms with Crippen LogP contribution < -0.4 is 4.74 Å². The van der Waals surface area contributed by atoms with Gasteiger partial charge >= 0.3 is 0 Å². The zero-order valence-corrected chi connectivity index (χ0v) is 17.2. The van der Waals surface area contributed by atoms with Crippen molar-refractivity contribution in [3.05, 3.63) is 41.7 Å². The van der Waals surface area contributed by atoms with Crippen LogP contribution in [-0.2, 0) is 12.8 Å². The number of aromatic nitrogens is 2. The molecule has 1 aromatic carbocycles. The highest BCUT2D eigenvalue weighted by Gasteiger charge is 2.19. The summed E-state index contributed by atoms with van der Waals surface area (Å²) in [5.41, 5.74) is 3.65. The fourth-order valence-electron chi connectivity index (χ4n) is 3.88. The van der Waals surface area contributed by atoms with Gasteiger partial charge in [-0.2, -0.15) is 0 Å². The number of hydrogen-bond acceptors (Lipinski definition) is 3. The Bertz CT molecular complexity index is 711. The lowest BCUT2D eigenvalue weighted by Crippen LogP contribution is -2.15. The van der Waals surface area contributed by atoms with Crippen LogP contribution in [0.25, 0.3) is 11.4 Å². The van der Waals surface area contributed by atoms with Crippen LogP contribution >= 0.6 is 0 Å². The topological polar surface area (TPSA) is 35.0 Å². The molecule has 3 nitrogen and oxygen atoms in total. The molecule has 0 radical (unpaired) electrons. The SMILES string of the molecule is CCCCC(CC)COc1ccc(-c2ncc3c(n2)CCC(CC)C3)cc1. The molecule has 2 aromatic rings. The minimum atomic E-state index is 0.653. The third-order valence-electron chi connectivity index (χ3n) is 5.97. The number of unbranched alkanes of at least 4 members (excludes halogenated alkanes) is 1. The van der Waals surface area contributed by atoms with Gasteiger partial charge in [0, 0.05) is 17.5 Å². The van der Waals surface area contributed by atoms with Gasteiger partial charge in [-0.1, -0.05) is 46.5 Å². The molecule has 0 fully saturated rings. The van der Waals surface area contributed by atoms with E-state index in [-0.39, 0.29) is 0 Å². The van der Waals surface area contributed by atoms with Gasteiger partial charge in [-0.3, -0.25) is 0 Å². The van der Waals surface area contributed by atoms with Crippen molar-refractivity contribution in [2.45, 2.75) is 72.1 Å². The first-order chi connectivity index (χ1) is 13.2. The van der Waals surface area contributed by atoms with E-state index >= 15 is 0 Å². The Hall–Kier alpha value is -1.90. The highest BCUT2D eigenvalue weighted by atomic mass is 16.5. The molecule has 0 bridgehead atoms. The van der Waals surface area contributed by atoms with Crippen molar-refractivity contribution >= 4 is 0 Å². The smallest absolute Gasteiger partial charge is 0.159 e. The number of ether oxygens (including phenoxy) is 1. The fraction of sp³-hybridized carbons (Fsp3) is 0.583. The Morgan fingerprint density at radius 2 is 1.96 bits per heavy atom. The van der Waals surface area contributed by atoms with Crippen molar-refractivity contribution in [1.82, 2.24) is 9.97 Å². The van der Waals surface area contributed by atoms with E-state index in [1.807, 2.05) is 6.20 Å². The predicted octanol–water partition coefficient (Wildman–Crippen LogP) is 6.25. The van der Waals surface area contributed by atoms with Crippen LogP contribution in [0.4, 0.5) is 0 Å². The van der Waals surface area contributed by atoms with E-state index in [0.717, 1.165) is 42.5 Å². The van der Waals surface area contributed by atoms with Crippen molar-refractivity contribution in [3.8, 4) is 17.1 Å². The van der Waals surface area contributed by atoms with Gasteiger partial charge in [-0.25, -0.2) is 9.97 Å². The first-order valence-electron chi connectivity index (χ1n) is 10.8. The van der Waals surface area contributed by atoms with Crippen molar-refractivity contribution < 1.29 is 4.74 Å². The summed E-state index contributed by atoms with van der Waals surface area (Å²) in [5, 5.41) is 0. The van der Waals surface area contributed by atoms with Crippen LogP contribution in [0.15, 0.2) is 30.5 Å². The molecule has 1 heterocycles. The highest BCUT2D eigenvalue weighted by Crippen LogP contribution is 2.28. The monoisotopic (exact) mass is 366 g/mol. The lowest BCUT2D eigenvalue weighted by Gasteiger charge is -2.22. The molecule has 3 heteroatoms. The van der Waals surface area contributed by atoms with E-state index in [0.29, 0.717) is 5.92 Å². The first-order valence-corrected chi connectivity index (χ1v) is 10.8. The minimum absolute atomic E-state index is 0.653. The molecule has 2 atom stereocenters. The van der Waals surface area contributed by atoms with E-state index in [1.54, 1.807) is 0 Å². The van der Waals surface area contributed by atoms with Gasteiger partial charge < -0.3 is 4.74 Å². The lowest BCUT2D eigenvalue weighted by molar-refractivity contribution is 0.233. The molecule has 27 heavy (non-hydrogen) atoms. The van der Waals surface area contributed by atoms with E-state index in [4.69, 9.17) is 9.72 Å². The predicted molar refractivity (Wildman–Crippen MR) is 112 cm³/mol. The standard InChI is InChI=1S/C24H34N2O/c1-4-7-8-19(6-3)17-27-22-12-10-20(11-13-22)24-25-16-21-15-18(5-2)9-14-23(21)26-24/h10-13,16,18-19H,4-9,14-15,17H2,1-3H3. The van der Waals surface area contributed by atoms with E-state index < -0.39 is 0 Å². The molecule has 0 N–H and O–H groups in total. The van der Waals surface area contributed by atoms with Crippen LogP contribution in [0.2, 0.25) is 0 Å². The molecule has 0 saturated heterocycles. The molecule has 146 valence electrons. The highest BCUT2D eigenvalue weighted by molar-refractivity contribution is 5.56.